The van der Waals surface area contributed by atoms with Crippen LogP contribution in [0.3, 0.4) is 0 Å². The number of ether oxygens (including phenoxy) is 1. The molecule has 0 aliphatic rings. The molecule has 0 spiro atoms. The van der Waals surface area contributed by atoms with E-state index in [4.69, 9.17) is 9.84 Å². The largest absolute Gasteiger partial charge is 0.453 e. The zero-order valence-corrected chi connectivity index (χ0v) is 12.3. The minimum Gasteiger partial charge on any atom is -0.453 e. The van der Waals surface area contributed by atoms with Crippen LogP contribution in [-0.2, 0) is 6.61 Å². The van der Waals surface area contributed by atoms with E-state index < -0.39 is 5.82 Å². The summed E-state index contributed by atoms with van der Waals surface area (Å²) in [5.41, 5.74) is 0.407. The molecule has 0 unspecified atom stereocenters. The molecular weight excluding hydrogens is 367 g/mol. The lowest BCUT2D eigenvalue weighted by molar-refractivity contribution is 0.274. The molecule has 2 aromatic carbocycles. The van der Waals surface area contributed by atoms with Gasteiger partial charge in [0.05, 0.1) is 11.1 Å². The molecule has 0 atom stereocenters. The summed E-state index contributed by atoms with van der Waals surface area (Å²) >= 11 is 6.66. The van der Waals surface area contributed by atoms with Crippen molar-refractivity contribution in [3.63, 3.8) is 0 Å². The van der Waals surface area contributed by atoms with Gasteiger partial charge in [0.15, 0.2) is 11.6 Å². The van der Waals surface area contributed by atoms with Gasteiger partial charge in [-0.1, -0.05) is 28.1 Å². The average Bonchev–Trinajstić information content (AvgIpc) is 2.34. The fourth-order valence-corrected chi connectivity index (χ4v) is 2.59. The van der Waals surface area contributed by atoms with Crippen molar-refractivity contribution >= 4 is 31.9 Å². The van der Waals surface area contributed by atoms with E-state index in [9.17, 15) is 4.39 Å². The Kier molecular flexibility index (Phi) is 4.37. The molecule has 1 N–H and O–H groups in total. The standard InChI is InChI=1S/C13H9Br2FO2/c14-9-4-5-12(10(15)6-9)18-13-8(7-17)2-1-3-11(13)16/h1-6,17H,7H2. The molecule has 0 radical (unpaired) electrons. The van der Waals surface area contributed by atoms with Crippen LogP contribution in [0.4, 0.5) is 4.39 Å². The van der Waals surface area contributed by atoms with Crippen LogP contribution in [0.15, 0.2) is 45.3 Å². The summed E-state index contributed by atoms with van der Waals surface area (Å²) in [7, 11) is 0. The lowest BCUT2D eigenvalue weighted by Crippen LogP contribution is -1.95. The molecule has 0 bridgehead atoms. The van der Waals surface area contributed by atoms with E-state index in [0.717, 1.165) is 4.47 Å². The summed E-state index contributed by atoms with van der Waals surface area (Å²) in [5, 5.41) is 9.17. The summed E-state index contributed by atoms with van der Waals surface area (Å²) in [4.78, 5) is 0. The van der Waals surface area contributed by atoms with Crippen molar-refractivity contribution < 1.29 is 14.2 Å². The predicted molar refractivity (Wildman–Crippen MR) is 74.2 cm³/mol. The Labute approximate surface area is 121 Å². The lowest BCUT2D eigenvalue weighted by atomic mass is 10.2. The number of para-hydroxylation sites is 1. The van der Waals surface area contributed by atoms with E-state index >= 15 is 0 Å². The Balaban J connectivity index is 2.39. The van der Waals surface area contributed by atoms with Crippen molar-refractivity contribution in [2.24, 2.45) is 0 Å². The molecule has 94 valence electrons. The van der Waals surface area contributed by atoms with E-state index in [0.29, 0.717) is 15.8 Å². The van der Waals surface area contributed by atoms with Gasteiger partial charge in [0.1, 0.15) is 5.75 Å². The highest BCUT2D eigenvalue weighted by Crippen LogP contribution is 2.34. The zero-order valence-electron chi connectivity index (χ0n) is 9.16. The fourth-order valence-electron chi connectivity index (χ4n) is 1.46. The highest BCUT2D eigenvalue weighted by Gasteiger charge is 2.12. The second-order valence-electron chi connectivity index (χ2n) is 3.56. The van der Waals surface area contributed by atoms with Crippen LogP contribution in [0.25, 0.3) is 0 Å². The molecule has 0 saturated heterocycles. The second kappa shape index (κ2) is 5.82. The van der Waals surface area contributed by atoms with Crippen LogP contribution in [0.5, 0.6) is 11.5 Å². The molecule has 0 aliphatic carbocycles. The monoisotopic (exact) mass is 374 g/mol. The molecule has 2 rings (SSSR count). The molecular formula is C13H9Br2FO2. The first-order valence-electron chi connectivity index (χ1n) is 5.13. The Morgan fingerprint density at radius 3 is 2.61 bits per heavy atom. The summed E-state index contributed by atoms with van der Waals surface area (Å²) in [6, 6.07) is 9.74. The van der Waals surface area contributed by atoms with Crippen molar-refractivity contribution in [3.8, 4) is 11.5 Å². The van der Waals surface area contributed by atoms with Gasteiger partial charge < -0.3 is 9.84 Å². The lowest BCUT2D eigenvalue weighted by Gasteiger charge is -2.12. The smallest absolute Gasteiger partial charge is 0.168 e. The second-order valence-corrected chi connectivity index (χ2v) is 5.33. The molecule has 0 heterocycles. The number of aliphatic hydroxyl groups is 1. The van der Waals surface area contributed by atoms with Gasteiger partial charge in [-0.3, -0.25) is 0 Å². The molecule has 0 saturated carbocycles. The summed E-state index contributed by atoms with van der Waals surface area (Å²) in [6.07, 6.45) is 0. The SMILES string of the molecule is OCc1cccc(F)c1Oc1ccc(Br)cc1Br. The number of rotatable bonds is 3. The quantitative estimate of drug-likeness (QED) is 0.847. The first kappa shape index (κ1) is 13.5. The number of hydrogen-bond acceptors (Lipinski definition) is 2. The van der Waals surface area contributed by atoms with Gasteiger partial charge in [-0.2, -0.15) is 0 Å². The van der Waals surface area contributed by atoms with Crippen molar-refractivity contribution in [2.75, 3.05) is 0 Å². The first-order valence-corrected chi connectivity index (χ1v) is 6.71. The third-order valence-corrected chi connectivity index (χ3v) is 3.44. The molecule has 0 fully saturated rings. The van der Waals surface area contributed by atoms with E-state index in [1.54, 1.807) is 24.3 Å². The first-order chi connectivity index (χ1) is 8.61. The maximum Gasteiger partial charge on any atom is 0.168 e. The van der Waals surface area contributed by atoms with Crippen LogP contribution in [0, 0.1) is 5.82 Å². The molecule has 0 amide bonds. The molecule has 0 aromatic heterocycles. The van der Waals surface area contributed by atoms with Gasteiger partial charge in [-0.15, -0.1) is 0 Å². The molecule has 5 heteroatoms. The van der Waals surface area contributed by atoms with Crippen molar-refractivity contribution in [1.82, 2.24) is 0 Å². The van der Waals surface area contributed by atoms with Gasteiger partial charge in [-0.05, 0) is 40.2 Å². The minimum atomic E-state index is -0.503. The van der Waals surface area contributed by atoms with E-state index in [-0.39, 0.29) is 12.4 Å². The van der Waals surface area contributed by atoms with Crippen molar-refractivity contribution in [2.45, 2.75) is 6.61 Å². The van der Waals surface area contributed by atoms with Gasteiger partial charge in [0.25, 0.3) is 0 Å². The van der Waals surface area contributed by atoms with Crippen LogP contribution in [0.2, 0.25) is 0 Å². The molecule has 0 aliphatic heterocycles. The fraction of sp³-hybridized carbons (Fsp3) is 0.0769. The van der Waals surface area contributed by atoms with Gasteiger partial charge in [0, 0.05) is 10.0 Å². The minimum absolute atomic E-state index is 0.0445. The van der Waals surface area contributed by atoms with E-state index in [1.165, 1.54) is 12.1 Å². The summed E-state index contributed by atoms with van der Waals surface area (Å²) < 4.78 is 20.8. The third kappa shape index (κ3) is 2.91. The third-order valence-electron chi connectivity index (χ3n) is 2.32. The highest BCUT2D eigenvalue weighted by molar-refractivity contribution is 9.11. The number of hydrogen-bond donors (Lipinski definition) is 1. The molecule has 18 heavy (non-hydrogen) atoms. The molecule has 2 aromatic rings. The van der Waals surface area contributed by atoms with Gasteiger partial charge in [-0.25, -0.2) is 4.39 Å². The van der Waals surface area contributed by atoms with E-state index in [1.807, 2.05) is 0 Å². The van der Waals surface area contributed by atoms with Crippen LogP contribution < -0.4 is 4.74 Å². The predicted octanol–water partition coefficient (Wildman–Crippen LogP) is 4.64. The van der Waals surface area contributed by atoms with Crippen LogP contribution in [0.1, 0.15) is 5.56 Å². The Morgan fingerprint density at radius 2 is 1.94 bits per heavy atom. The topological polar surface area (TPSA) is 29.5 Å². The molecule has 2 nitrogen and oxygen atoms in total. The van der Waals surface area contributed by atoms with Crippen LogP contribution in [-0.4, -0.2) is 5.11 Å². The number of benzene rings is 2. The maximum absolute atomic E-state index is 13.7. The van der Waals surface area contributed by atoms with Crippen molar-refractivity contribution in [3.05, 3.63) is 56.7 Å². The number of halogens is 3. The van der Waals surface area contributed by atoms with E-state index in [2.05, 4.69) is 31.9 Å². The van der Waals surface area contributed by atoms with Crippen molar-refractivity contribution in [1.29, 1.82) is 0 Å². The Bertz CT molecular complexity index is 573. The highest BCUT2D eigenvalue weighted by atomic mass is 79.9. The Hall–Kier alpha value is -0.910. The zero-order chi connectivity index (χ0) is 13.1. The van der Waals surface area contributed by atoms with Crippen LogP contribution >= 0.6 is 31.9 Å². The average molecular weight is 376 g/mol. The maximum atomic E-state index is 13.7. The Morgan fingerprint density at radius 1 is 1.17 bits per heavy atom. The normalized spacial score (nSPS) is 10.4. The summed E-state index contributed by atoms with van der Waals surface area (Å²) in [6.45, 7) is -0.277. The van der Waals surface area contributed by atoms with Gasteiger partial charge >= 0.3 is 0 Å². The summed E-state index contributed by atoms with van der Waals surface area (Å²) in [5.74, 6) is 0.0254. The number of aliphatic hydroxyl groups excluding tert-OH is 1. The van der Waals surface area contributed by atoms with Gasteiger partial charge in [0.2, 0.25) is 0 Å².